The second kappa shape index (κ2) is 15.9. The van der Waals surface area contributed by atoms with Crippen LogP contribution < -0.4 is 9.64 Å². The van der Waals surface area contributed by atoms with Gasteiger partial charge in [-0.15, -0.1) is 5.10 Å². The Morgan fingerprint density at radius 3 is 2.43 bits per heavy atom. The van der Waals surface area contributed by atoms with Crippen molar-refractivity contribution in [2.45, 2.75) is 67.3 Å². The number of aryl methyl sites for hydroxylation is 6. The Morgan fingerprint density at radius 2 is 1.75 bits per heavy atom. The summed E-state index contributed by atoms with van der Waals surface area (Å²) in [4.78, 5) is 30.3. The number of nitrogens with zero attached hydrogens (tertiary/aromatic N) is 10. The lowest BCUT2D eigenvalue weighted by atomic mass is 9.98. The van der Waals surface area contributed by atoms with Crippen LogP contribution in [0.3, 0.4) is 0 Å². The molecule has 1 aliphatic rings. The number of halogens is 2. The maximum absolute atomic E-state index is 15.4. The van der Waals surface area contributed by atoms with Crippen LogP contribution in [0.2, 0.25) is 10.0 Å². The molecule has 0 aliphatic carbocycles. The molecule has 0 unspecified atom stereocenters. The molecule has 0 N–H and O–H groups in total. The number of allylic oxidation sites excluding steroid dienone is 1. The monoisotopic (exact) mass is 842 g/mol. The van der Waals surface area contributed by atoms with Gasteiger partial charge in [0.15, 0.2) is 5.82 Å². The fourth-order valence-electron chi connectivity index (χ4n) is 8.51. The summed E-state index contributed by atoms with van der Waals surface area (Å²) in [6.07, 6.45) is 6.60. The number of hydrogen-bond donors (Lipinski definition) is 0. The van der Waals surface area contributed by atoms with Crippen molar-refractivity contribution in [3.8, 4) is 28.3 Å². The van der Waals surface area contributed by atoms with Crippen LogP contribution in [-0.2, 0) is 20.5 Å². The Kier molecular flexibility index (Phi) is 10.8. The Bertz CT molecular complexity index is 2920. The Labute approximate surface area is 359 Å². The fraction of sp³-hybridized carbons (Fsp3) is 0.304. The molecule has 0 bridgehead atoms. The molecule has 0 radical (unpaired) electrons. The van der Waals surface area contributed by atoms with Gasteiger partial charge in [-0.05, 0) is 121 Å². The zero-order valence-corrected chi connectivity index (χ0v) is 36.9. The van der Waals surface area contributed by atoms with Gasteiger partial charge in [-0.1, -0.05) is 34.8 Å². The zero-order chi connectivity index (χ0) is 42.7. The maximum Gasteiger partial charge on any atom is 0.275 e. The van der Waals surface area contributed by atoms with Crippen molar-refractivity contribution in [2.24, 2.45) is 24.1 Å². The first kappa shape index (κ1) is 40.8. The van der Waals surface area contributed by atoms with Gasteiger partial charge in [0, 0.05) is 82.8 Å². The number of amides is 1. The molecule has 8 rings (SSSR count). The van der Waals surface area contributed by atoms with E-state index < -0.39 is 0 Å². The van der Waals surface area contributed by atoms with E-state index in [1.165, 1.54) is 4.68 Å². The molecule has 0 saturated carbocycles. The average molecular weight is 844 g/mol. The van der Waals surface area contributed by atoms with E-state index >= 15 is 4.79 Å². The molecule has 7 aromatic rings. The second-order valence-corrected chi connectivity index (χ2v) is 16.7. The van der Waals surface area contributed by atoms with Crippen molar-refractivity contribution in [3.63, 3.8) is 0 Å². The molecule has 0 saturated heterocycles. The highest BCUT2D eigenvalue weighted by Gasteiger charge is 2.37. The molecule has 5 heterocycles. The molecule has 14 heteroatoms. The van der Waals surface area contributed by atoms with Gasteiger partial charge in [0.05, 0.1) is 28.5 Å². The van der Waals surface area contributed by atoms with Crippen LogP contribution in [0.5, 0.6) is 5.75 Å². The minimum atomic E-state index is -0.111. The van der Waals surface area contributed by atoms with Crippen molar-refractivity contribution in [2.75, 3.05) is 18.1 Å². The van der Waals surface area contributed by atoms with Crippen molar-refractivity contribution >= 4 is 69.3 Å². The van der Waals surface area contributed by atoms with Crippen LogP contribution in [-0.4, -0.2) is 65.4 Å². The molecule has 1 atom stereocenters. The fourth-order valence-corrected chi connectivity index (χ4v) is 8.87. The highest BCUT2D eigenvalue weighted by Crippen LogP contribution is 2.46. The summed E-state index contributed by atoms with van der Waals surface area (Å²) in [7, 11) is 3.94. The van der Waals surface area contributed by atoms with Crippen molar-refractivity contribution in [1.82, 2.24) is 33.7 Å². The van der Waals surface area contributed by atoms with Gasteiger partial charge < -0.3 is 18.8 Å². The topological polar surface area (TPSA) is 113 Å². The van der Waals surface area contributed by atoms with Crippen LogP contribution >= 0.6 is 23.2 Å². The summed E-state index contributed by atoms with van der Waals surface area (Å²) < 4.78 is 13.9. The molecule has 3 aromatic carbocycles. The Hall–Kier alpha value is -5.98. The number of carbonyl (C=O) groups excluding carboxylic acids is 1. The number of rotatable bonds is 9. The molecule has 4 aromatic heterocycles. The van der Waals surface area contributed by atoms with Crippen LogP contribution in [0.4, 0.5) is 5.69 Å². The quantitative estimate of drug-likeness (QED) is 0.0816. The van der Waals surface area contributed by atoms with Crippen LogP contribution in [0.25, 0.3) is 44.3 Å². The van der Waals surface area contributed by atoms with E-state index in [2.05, 4.69) is 55.8 Å². The van der Waals surface area contributed by atoms with Gasteiger partial charge >= 0.3 is 0 Å². The molecule has 12 nitrogen and oxygen atoms in total. The molecule has 0 fully saturated rings. The van der Waals surface area contributed by atoms with E-state index in [-0.39, 0.29) is 11.9 Å². The molecular formula is C46H48Cl2N10O2. The number of aromatic nitrogens is 7. The number of carbonyl (C=O) groups is 1. The minimum absolute atomic E-state index is 0.0802. The normalized spacial score (nSPS) is 14.4. The molecular weight excluding hydrogens is 795 g/mol. The Morgan fingerprint density at radius 1 is 1.00 bits per heavy atom. The van der Waals surface area contributed by atoms with Gasteiger partial charge in [-0.25, -0.2) is 15.0 Å². The van der Waals surface area contributed by atoms with E-state index in [1.54, 1.807) is 12.5 Å². The number of fused-ring (bicyclic) bond motifs is 4. The summed E-state index contributed by atoms with van der Waals surface area (Å²) in [6, 6.07) is 13.9. The lowest BCUT2D eigenvalue weighted by molar-refractivity contribution is 0.0957. The predicted octanol–water partition coefficient (Wildman–Crippen LogP) is 10.4. The number of benzene rings is 3. The first-order valence-electron chi connectivity index (χ1n) is 19.9. The highest BCUT2D eigenvalue weighted by atomic mass is 35.5. The summed E-state index contributed by atoms with van der Waals surface area (Å²) in [5, 5.41) is 12.7. The van der Waals surface area contributed by atoms with Gasteiger partial charge in [-0.2, -0.15) is 9.78 Å². The van der Waals surface area contributed by atoms with Gasteiger partial charge in [-0.3, -0.25) is 9.48 Å². The number of aliphatic imine (C=N–C) groups is 2. The van der Waals surface area contributed by atoms with E-state index in [9.17, 15) is 0 Å². The summed E-state index contributed by atoms with van der Waals surface area (Å²) >= 11 is 13.6. The molecule has 1 aliphatic heterocycles. The lowest BCUT2D eigenvalue weighted by Crippen LogP contribution is -2.42. The molecule has 0 spiro atoms. The second-order valence-electron chi connectivity index (χ2n) is 15.9. The number of hydrogen-bond acceptors (Lipinski definition) is 6. The van der Waals surface area contributed by atoms with Crippen molar-refractivity contribution in [1.29, 1.82) is 0 Å². The Balaban J connectivity index is 1.23. The standard InChI is InChI=1S/C46H48Cl2N10O2/c1-25(2)21-50-46(49-8)57-24-51-44(53-57)31-13-16-37-35(20-31)38(23-54(37)9)56-22-28(5)58-42-34(14-15-36(47)40(42)39-29(6)52-55(10)30(39)7)33(43(58)45(56)59)12-11-17-60-32-18-26(3)41(48)27(4)19-32/h13-16,18-21,23-24,28H,8,11-12,17,22H2,1-7,9-10H3/t28-/m1/s1. The van der Waals surface area contributed by atoms with Gasteiger partial charge in [0.2, 0.25) is 0 Å². The SMILES string of the molecule is C=NC(=NC=C(C)C)n1cnc(-c2ccc3c(c2)c(N2C[C@@H](C)n4c(c(CCCOc5cc(C)c(Cl)c(C)c5)c5ccc(Cl)c(-c6c(C)nn(C)c6C)c54)C2=O)cn3C)n1. The van der Waals surface area contributed by atoms with Gasteiger partial charge in [0.1, 0.15) is 17.8 Å². The average Bonchev–Trinajstić information content (AvgIpc) is 3.97. The third-order valence-electron chi connectivity index (χ3n) is 11.4. The molecule has 60 heavy (non-hydrogen) atoms. The van der Waals surface area contributed by atoms with Crippen LogP contribution in [0.15, 0.2) is 76.7 Å². The lowest BCUT2D eigenvalue weighted by Gasteiger charge is -2.34. The zero-order valence-electron chi connectivity index (χ0n) is 35.4. The first-order chi connectivity index (χ1) is 28.7. The number of anilines is 1. The highest BCUT2D eigenvalue weighted by molar-refractivity contribution is 6.35. The predicted molar refractivity (Wildman–Crippen MR) is 244 cm³/mol. The van der Waals surface area contributed by atoms with Crippen molar-refractivity contribution < 1.29 is 9.53 Å². The van der Waals surface area contributed by atoms with E-state index in [0.717, 1.165) is 88.6 Å². The van der Waals surface area contributed by atoms with Crippen LogP contribution in [0, 0.1) is 27.7 Å². The van der Waals surface area contributed by atoms with E-state index in [4.69, 9.17) is 33.0 Å². The van der Waals surface area contributed by atoms with Crippen molar-refractivity contribution in [3.05, 3.63) is 111 Å². The number of ether oxygens (including phenoxy) is 1. The minimum Gasteiger partial charge on any atom is -0.494 e. The molecule has 308 valence electrons. The smallest absolute Gasteiger partial charge is 0.275 e. The summed E-state index contributed by atoms with van der Waals surface area (Å²) in [6.45, 7) is 18.7. The summed E-state index contributed by atoms with van der Waals surface area (Å²) in [5.74, 6) is 1.51. The van der Waals surface area contributed by atoms with Crippen LogP contribution in [0.1, 0.15) is 71.8 Å². The molecule has 1 amide bonds. The summed E-state index contributed by atoms with van der Waals surface area (Å²) in [5.41, 5.74) is 11.8. The third-order valence-corrected chi connectivity index (χ3v) is 12.3. The maximum atomic E-state index is 15.4. The van der Waals surface area contributed by atoms with Gasteiger partial charge in [0.25, 0.3) is 11.9 Å². The van der Waals surface area contributed by atoms with E-state index in [1.807, 2.05) is 101 Å². The third kappa shape index (κ3) is 7.01. The first-order valence-corrected chi connectivity index (χ1v) is 20.7. The van der Waals surface area contributed by atoms with E-state index in [0.29, 0.717) is 48.5 Å². The largest absolute Gasteiger partial charge is 0.494 e.